The van der Waals surface area contributed by atoms with Gasteiger partial charge in [-0.25, -0.2) is 4.39 Å². The Hall–Kier alpha value is -2.77. The van der Waals surface area contributed by atoms with Crippen LogP contribution < -0.4 is 16.0 Å². The lowest BCUT2D eigenvalue weighted by Crippen LogP contribution is -2.30. The molecule has 1 unspecified atom stereocenters. The molecule has 0 aliphatic heterocycles. The molecule has 0 fully saturated rings. The standard InChI is InChI=1S/C22H19BrFN3OS/c1-14(15-6-8-16(23)9-7-15)25-22(29)27-18-12-10-17(11-13-18)26-21(28)19-4-2-3-5-20(19)24/h2-14H,1H3,(H,26,28)(H2,25,27,29). The van der Waals surface area contributed by atoms with E-state index in [0.717, 1.165) is 15.7 Å². The lowest BCUT2D eigenvalue weighted by Gasteiger charge is -2.17. The summed E-state index contributed by atoms with van der Waals surface area (Å²) in [6, 6.07) is 20.9. The SMILES string of the molecule is CC(NC(=S)Nc1ccc(NC(=O)c2ccccc2F)cc1)c1ccc(Br)cc1. The van der Waals surface area contributed by atoms with E-state index in [2.05, 4.69) is 31.9 Å². The fourth-order valence-corrected chi connectivity index (χ4v) is 3.24. The molecule has 0 saturated carbocycles. The molecule has 3 aromatic carbocycles. The van der Waals surface area contributed by atoms with Crippen LogP contribution in [-0.4, -0.2) is 11.0 Å². The molecule has 3 N–H and O–H groups in total. The van der Waals surface area contributed by atoms with Gasteiger partial charge < -0.3 is 16.0 Å². The number of nitrogens with one attached hydrogen (secondary N) is 3. The van der Waals surface area contributed by atoms with E-state index in [-0.39, 0.29) is 11.6 Å². The second-order valence-corrected chi connectivity index (χ2v) is 7.71. The minimum absolute atomic E-state index is 0.00186. The van der Waals surface area contributed by atoms with Gasteiger partial charge in [-0.1, -0.05) is 40.2 Å². The Labute approximate surface area is 182 Å². The maximum atomic E-state index is 13.7. The van der Waals surface area contributed by atoms with Crippen molar-refractivity contribution in [1.82, 2.24) is 5.32 Å². The molecule has 0 radical (unpaired) electrons. The van der Waals surface area contributed by atoms with Crippen molar-refractivity contribution in [1.29, 1.82) is 0 Å². The average Bonchev–Trinajstić information content (AvgIpc) is 2.70. The summed E-state index contributed by atoms with van der Waals surface area (Å²) in [5.41, 5.74) is 2.45. The van der Waals surface area contributed by atoms with E-state index in [0.29, 0.717) is 10.8 Å². The summed E-state index contributed by atoms with van der Waals surface area (Å²) in [6.45, 7) is 2.03. The van der Waals surface area contributed by atoms with E-state index in [4.69, 9.17) is 12.2 Å². The van der Waals surface area contributed by atoms with Crippen LogP contribution >= 0.6 is 28.1 Å². The zero-order chi connectivity index (χ0) is 20.8. The highest BCUT2D eigenvalue weighted by Gasteiger charge is 2.11. The van der Waals surface area contributed by atoms with Crippen LogP contribution in [0.25, 0.3) is 0 Å². The van der Waals surface area contributed by atoms with Gasteiger partial charge in [-0.05, 0) is 73.2 Å². The van der Waals surface area contributed by atoms with Crippen molar-refractivity contribution in [3.05, 3.63) is 94.2 Å². The molecule has 0 saturated heterocycles. The largest absolute Gasteiger partial charge is 0.356 e. The molecule has 0 aliphatic rings. The number of carbonyl (C=O) groups excluding carboxylic acids is 1. The maximum absolute atomic E-state index is 13.7. The van der Waals surface area contributed by atoms with Gasteiger partial charge in [0, 0.05) is 15.8 Å². The van der Waals surface area contributed by atoms with E-state index in [1.807, 2.05) is 31.2 Å². The van der Waals surface area contributed by atoms with Gasteiger partial charge in [0.25, 0.3) is 5.91 Å². The molecule has 0 spiro atoms. The number of hydrogen-bond acceptors (Lipinski definition) is 2. The third-order valence-electron chi connectivity index (χ3n) is 4.24. The quantitative estimate of drug-likeness (QED) is 0.406. The minimum atomic E-state index is -0.556. The van der Waals surface area contributed by atoms with E-state index in [1.54, 1.807) is 36.4 Å². The number of benzene rings is 3. The Morgan fingerprint density at radius 1 is 0.931 bits per heavy atom. The van der Waals surface area contributed by atoms with Gasteiger partial charge in [-0.2, -0.15) is 0 Å². The molecular weight excluding hydrogens is 453 g/mol. The van der Waals surface area contributed by atoms with Crippen molar-refractivity contribution >= 4 is 50.5 Å². The average molecular weight is 472 g/mol. The first-order chi connectivity index (χ1) is 13.9. The van der Waals surface area contributed by atoms with E-state index in [1.165, 1.54) is 12.1 Å². The molecule has 29 heavy (non-hydrogen) atoms. The first-order valence-electron chi connectivity index (χ1n) is 8.91. The van der Waals surface area contributed by atoms with Crippen LogP contribution in [0, 0.1) is 5.82 Å². The van der Waals surface area contributed by atoms with Crippen LogP contribution in [-0.2, 0) is 0 Å². The highest BCUT2D eigenvalue weighted by Crippen LogP contribution is 2.18. The second kappa shape index (κ2) is 9.62. The first kappa shape index (κ1) is 21.0. The third-order valence-corrected chi connectivity index (χ3v) is 4.99. The Morgan fingerprint density at radius 2 is 1.52 bits per heavy atom. The van der Waals surface area contributed by atoms with Gasteiger partial charge in [0.15, 0.2) is 5.11 Å². The second-order valence-electron chi connectivity index (χ2n) is 6.38. The normalized spacial score (nSPS) is 11.4. The molecule has 0 heterocycles. The number of halogens is 2. The van der Waals surface area contributed by atoms with Crippen LogP contribution in [0.2, 0.25) is 0 Å². The fraction of sp³-hybridized carbons (Fsp3) is 0.0909. The van der Waals surface area contributed by atoms with Crippen molar-refractivity contribution < 1.29 is 9.18 Å². The van der Waals surface area contributed by atoms with Crippen molar-refractivity contribution in [2.45, 2.75) is 13.0 Å². The number of rotatable bonds is 5. The highest BCUT2D eigenvalue weighted by atomic mass is 79.9. The molecule has 1 atom stereocenters. The van der Waals surface area contributed by atoms with Crippen molar-refractivity contribution in [2.75, 3.05) is 10.6 Å². The highest BCUT2D eigenvalue weighted by molar-refractivity contribution is 9.10. The van der Waals surface area contributed by atoms with Crippen LogP contribution in [0.15, 0.2) is 77.3 Å². The van der Waals surface area contributed by atoms with Crippen molar-refractivity contribution in [3.8, 4) is 0 Å². The van der Waals surface area contributed by atoms with Gasteiger partial charge >= 0.3 is 0 Å². The van der Waals surface area contributed by atoms with E-state index >= 15 is 0 Å². The summed E-state index contributed by atoms with van der Waals surface area (Å²) in [6.07, 6.45) is 0. The monoisotopic (exact) mass is 471 g/mol. The number of carbonyl (C=O) groups is 1. The third kappa shape index (κ3) is 5.85. The summed E-state index contributed by atoms with van der Waals surface area (Å²) in [4.78, 5) is 12.2. The van der Waals surface area contributed by atoms with E-state index < -0.39 is 11.7 Å². The first-order valence-corrected chi connectivity index (χ1v) is 10.1. The fourth-order valence-electron chi connectivity index (χ4n) is 2.68. The van der Waals surface area contributed by atoms with Gasteiger partial charge in [0.2, 0.25) is 0 Å². The molecule has 148 valence electrons. The van der Waals surface area contributed by atoms with Gasteiger partial charge in [0.1, 0.15) is 5.82 Å². The predicted octanol–water partition coefficient (Wildman–Crippen LogP) is 5.89. The van der Waals surface area contributed by atoms with E-state index in [9.17, 15) is 9.18 Å². The molecule has 1 amide bonds. The number of thiocarbonyl (C=S) groups is 1. The van der Waals surface area contributed by atoms with Gasteiger partial charge in [0.05, 0.1) is 11.6 Å². The maximum Gasteiger partial charge on any atom is 0.258 e. The topological polar surface area (TPSA) is 53.2 Å². The Balaban J connectivity index is 1.56. The Morgan fingerprint density at radius 3 is 2.14 bits per heavy atom. The van der Waals surface area contributed by atoms with Crippen LogP contribution in [0.1, 0.15) is 28.9 Å². The zero-order valence-corrected chi connectivity index (χ0v) is 18.0. The lowest BCUT2D eigenvalue weighted by molar-refractivity contribution is 0.102. The number of hydrogen-bond donors (Lipinski definition) is 3. The predicted molar refractivity (Wildman–Crippen MR) is 123 cm³/mol. The molecule has 0 aliphatic carbocycles. The minimum Gasteiger partial charge on any atom is -0.356 e. The molecule has 4 nitrogen and oxygen atoms in total. The number of anilines is 2. The van der Waals surface area contributed by atoms with Gasteiger partial charge in [-0.3, -0.25) is 4.79 Å². The summed E-state index contributed by atoms with van der Waals surface area (Å²) >= 11 is 8.80. The molecule has 3 aromatic rings. The van der Waals surface area contributed by atoms with Crippen molar-refractivity contribution in [2.24, 2.45) is 0 Å². The Kier molecular flexibility index (Phi) is 6.95. The number of amides is 1. The summed E-state index contributed by atoms with van der Waals surface area (Å²) in [7, 11) is 0. The van der Waals surface area contributed by atoms with Crippen molar-refractivity contribution in [3.63, 3.8) is 0 Å². The summed E-state index contributed by atoms with van der Waals surface area (Å²) in [5.74, 6) is -1.05. The van der Waals surface area contributed by atoms with Crippen LogP contribution in [0.5, 0.6) is 0 Å². The van der Waals surface area contributed by atoms with Crippen LogP contribution in [0.4, 0.5) is 15.8 Å². The molecule has 0 bridgehead atoms. The Bertz CT molecular complexity index is 1010. The molecule has 0 aromatic heterocycles. The van der Waals surface area contributed by atoms with Crippen LogP contribution in [0.3, 0.4) is 0 Å². The smallest absolute Gasteiger partial charge is 0.258 e. The molecular formula is C22H19BrFN3OS. The molecule has 7 heteroatoms. The summed E-state index contributed by atoms with van der Waals surface area (Å²) in [5, 5.41) is 9.51. The molecule has 3 rings (SSSR count). The van der Waals surface area contributed by atoms with Gasteiger partial charge in [-0.15, -0.1) is 0 Å². The summed E-state index contributed by atoms with van der Waals surface area (Å²) < 4.78 is 14.7. The zero-order valence-electron chi connectivity index (χ0n) is 15.6. The lowest BCUT2D eigenvalue weighted by atomic mass is 10.1.